The minimum atomic E-state index is -1.43. The fraction of sp³-hybridized carbons (Fsp3) is 0.250. The molecule has 0 aliphatic carbocycles. The Morgan fingerprint density at radius 2 is 1.71 bits per heavy atom. The molecule has 0 unspecified atom stereocenters. The molecular formula is C28H26N4O9. The van der Waals surface area contributed by atoms with E-state index in [4.69, 9.17) is 24.7 Å². The summed E-state index contributed by atoms with van der Waals surface area (Å²) in [5.41, 5.74) is 5.44. The maximum atomic E-state index is 14.0. The molecule has 2 aromatic carbocycles. The maximum Gasteiger partial charge on any atom is 0.332 e. The third-order valence-corrected chi connectivity index (χ3v) is 6.87. The number of ether oxygens (including phenoxy) is 4. The van der Waals surface area contributed by atoms with Crippen molar-refractivity contribution in [3.63, 3.8) is 0 Å². The molecule has 0 spiro atoms. The molecule has 4 aromatic rings. The summed E-state index contributed by atoms with van der Waals surface area (Å²) in [5.74, 6) is -1.12. The molecule has 1 aliphatic heterocycles. The van der Waals surface area contributed by atoms with Crippen molar-refractivity contribution in [1.82, 2.24) is 14.5 Å². The first-order valence-electron chi connectivity index (χ1n) is 12.4. The van der Waals surface area contributed by atoms with Gasteiger partial charge in [-0.15, -0.1) is 0 Å². The highest BCUT2D eigenvalue weighted by Crippen LogP contribution is 2.40. The number of methoxy groups -OCH3 is 2. The van der Waals surface area contributed by atoms with Crippen molar-refractivity contribution in [3.8, 4) is 23.0 Å². The van der Waals surface area contributed by atoms with Crippen molar-refractivity contribution < 1.29 is 38.4 Å². The number of aliphatic carboxylic acids is 1. The normalized spacial score (nSPS) is 12.6. The van der Waals surface area contributed by atoms with E-state index in [9.17, 15) is 24.3 Å². The first-order valence-corrected chi connectivity index (χ1v) is 12.4. The average molecular weight is 563 g/mol. The number of hydrogen-bond donors (Lipinski definition) is 2. The summed E-state index contributed by atoms with van der Waals surface area (Å²) in [7, 11) is 4.43. The predicted molar refractivity (Wildman–Crippen MR) is 147 cm³/mol. The standard InChI is InChI=1S/C28H26N4O9/c1-31(25(34)7-14(28(36)37)6-24(29)33)4-5-32-26-17-10-22-23(41-13-40-22)11-19(17)30-12-18(26)15-8-20(38-2)21(39-3)9-16(15)27(32)35/h7-12H,4-6,13H2,1-3H3,(H2,29,33)(H,36,37)/b14-7-. The van der Waals surface area contributed by atoms with Gasteiger partial charge in [-0.1, -0.05) is 0 Å². The smallest absolute Gasteiger partial charge is 0.332 e. The predicted octanol–water partition coefficient (Wildman–Crippen LogP) is 1.79. The Hall–Kier alpha value is -5.33. The number of carboxylic acids is 1. The van der Waals surface area contributed by atoms with E-state index in [1.54, 1.807) is 30.5 Å². The molecule has 2 amide bonds. The van der Waals surface area contributed by atoms with Crippen LogP contribution in [0.1, 0.15) is 6.42 Å². The number of nitrogens with zero attached hydrogens (tertiary/aromatic N) is 3. The second-order valence-electron chi connectivity index (χ2n) is 9.33. The number of hydrogen-bond acceptors (Lipinski definition) is 9. The fourth-order valence-corrected chi connectivity index (χ4v) is 4.79. The van der Waals surface area contributed by atoms with Crippen LogP contribution in [0.15, 0.2) is 46.9 Å². The van der Waals surface area contributed by atoms with E-state index in [0.29, 0.717) is 55.6 Å². The molecule has 1 aliphatic rings. The van der Waals surface area contributed by atoms with Crippen LogP contribution in [-0.4, -0.2) is 71.9 Å². The van der Waals surface area contributed by atoms with Crippen molar-refractivity contribution >= 4 is 50.4 Å². The third kappa shape index (κ3) is 4.93. The van der Waals surface area contributed by atoms with Gasteiger partial charge in [0.25, 0.3) is 5.56 Å². The number of carbonyl (C=O) groups is 3. The van der Waals surface area contributed by atoms with Crippen LogP contribution in [-0.2, 0) is 20.9 Å². The molecule has 13 heteroatoms. The number of benzene rings is 2. The number of nitrogens with two attached hydrogens (primary N) is 1. The zero-order valence-corrected chi connectivity index (χ0v) is 22.4. The molecule has 3 N–H and O–H groups in total. The monoisotopic (exact) mass is 562 g/mol. The Bertz CT molecular complexity index is 1840. The molecule has 0 saturated heterocycles. The first kappa shape index (κ1) is 27.2. The van der Waals surface area contributed by atoms with Gasteiger partial charge in [0, 0.05) is 54.6 Å². The third-order valence-electron chi connectivity index (χ3n) is 6.87. The van der Waals surface area contributed by atoms with Crippen molar-refractivity contribution in [2.75, 3.05) is 34.6 Å². The van der Waals surface area contributed by atoms with Crippen LogP contribution in [0.3, 0.4) is 0 Å². The molecule has 2 aromatic heterocycles. The van der Waals surface area contributed by atoms with Crippen LogP contribution in [0.25, 0.3) is 32.6 Å². The van der Waals surface area contributed by atoms with Crippen LogP contribution < -0.4 is 30.2 Å². The van der Waals surface area contributed by atoms with Crippen LogP contribution >= 0.6 is 0 Å². The molecule has 0 fully saturated rings. The first-order chi connectivity index (χ1) is 19.6. The molecule has 0 bridgehead atoms. The van der Waals surface area contributed by atoms with Gasteiger partial charge in [-0.25, -0.2) is 4.79 Å². The van der Waals surface area contributed by atoms with E-state index in [0.717, 1.165) is 6.08 Å². The summed E-state index contributed by atoms with van der Waals surface area (Å²) in [4.78, 5) is 55.3. The lowest BCUT2D eigenvalue weighted by Crippen LogP contribution is -2.32. The summed E-state index contributed by atoms with van der Waals surface area (Å²) < 4.78 is 23.5. The van der Waals surface area contributed by atoms with E-state index >= 15 is 0 Å². The SMILES string of the molecule is COc1cc2c(=O)n(CCN(C)C(=O)/C=C(/CC(N)=O)C(=O)O)c3c4cc5c(cc4ncc3c2cc1OC)OCO5. The summed E-state index contributed by atoms with van der Waals surface area (Å²) in [5, 5.41) is 11.5. The van der Waals surface area contributed by atoms with Gasteiger partial charge >= 0.3 is 5.97 Å². The molecule has 41 heavy (non-hydrogen) atoms. The Morgan fingerprint density at radius 1 is 1.05 bits per heavy atom. The average Bonchev–Trinajstić information content (AvgIpc) is 3.41. The Balaban J connectivity index is 1.67. The lowest BCUT2D eigenvalue weighted by Gasteiger charge is -2.20. The molecule has 0 atom stereocenters. The lowest BCUT2D eigenvalue weighted by atomic mass is 10.0. The van der Waals surface area contributed by atoms with Crippen LogP contribution in [0, 0.1) is 0 Å². The Morgan fingerprint density at radius 3 is 2.34 bits per heavy atom. The van der Waals surface area contributed by atoms with Crippen LogP contribution in [0.2, 0.25) is 0 Å². The number of carbonyl (C=O) groups excluding carboxylic acids is 2. The number of aromatic nitrogens is 2. The van der Waals surface area contributed by atoms with Gasteiger partial charge in [0.05, 0.1) is 42.6 Å². The molecular weight excluding hydrogens is 536 g/mol. The number of rotatable bonds is 9. The van der Waals surface area contributed by atoms with E-state index in [1.807, 2.05) is 0 Å². The van der Waals surface area contributed by atoms with Gasteiger partial charge in [-0.3, -0.25) is 19.4 Å². The zero-order valence-electron chi connectivity index (χ0n) is 22.4. The van der Waals surface area contributed by atoms with Gasteiger partial charge in [0.1, 0.15) is 0 Å². The molecule has 5 rings (SSSR count). The van der Waals surface area contributed by atoms with Crippen molar-refractivity contribution in [2.45, 2.75) is 13.0 Å². The van der Waals surface area contributed by atoms with Crippen molar-refractivity contribution in [3.05, 3.63) is 52.5 Å². The maximum absolute atomic E-state index is 14.0. The summed E-state index contributed by atoms with van der Waals surface area (Å²) >= 11 is 0. The fourth-order valence-electron chi connectivity index (χ4n) is 4.79. The van der Waals surface area contributed by atoms with Gasteiger partial charge < -0.3 is 39.3 Å². The highest BCUT2D eigenvalue weighted by molar-refractivity contribution is 6.15. The highest BCUT2D eigenvalue weighted by Gasteiger charge is 2.22. The number of pyridine rings is 2. The Kier molecular flexibility index (Phi) is 7.10. The minimum Gasteiger partial charge on any atom is -0.493 e. The Labute approximate surface area is 232 Å². The van der Waals surface area contributed by atoms with Crippen molar-refractivity contribution in [2.24, 2.45) is 5.73 Å². The van der Waals surface area contributed by atoms with Gasteiger partial charge in [-0.05, 0) is 18.2 Å². The lowest BCUT2D eigenvalue weighted by molar-refractivity contribution is -0.134. The number of amides is 2. The molecule has 0 radical (unpaired) electrons. The number of carboxylic acid groups (broad SMARTS) is 1. The van der Waals surface area contributed by atoms with Crippen molar-refractivity contribution in [1.29, 1.82) is 0 Å². The summed E-state index contributed by atoms with van der Waals surface area (Å²) in [6.45, 7) is 0.132. The summed E-state index contributed by atoms with van der Waals surface area (Å²) in [6.07, 6.45) is 1.92. The van der Waals surface area contributed by atoms with E-state index in [2.05, 4.69) is 4.98 Å². The molecule has 0 saturated carbocycles. The van der Waals surface area contributed by atoms with E-state index in [-0.39, 0.29) is 25.4 Å². The molecule has 3 heterocycles. The highest BCUT2D eigenvalue weighted by atomic mass is 16.7. The number of primary amides is 1. The second-order valence-corrected chi connectivity index (χ2v) is 9.33. The minimum absolute atomic E-state index is 0.0287. The number of likely N-dealkylation sites (N-methyl/N-ethyl adjacent to an activating group) is 1. The van der Waals surface area contributed by atoms with E-state index < -0.39 is 29.8 Å². The van der Waals surface area contributed by atoms with Gasteiger partial charge in [0.15, 0.2) is 23.0 Å². The quantitative estimate of drug-likeness (QED) is 0.226. The second kappa shape index (κ2) is 10.7. The number of fused-ring (bicyclic) bond motifs is 6. The zero-order chi connectivity index (χ0) is 29.4. The van der Waals surface area contributed by atoms with E-state index in [1.165, 1.54) is 30.7 Å². The largest absolute Gasteiger partial charge is 0.493 e. The van der Waals surface area contributed by atoms with Crippen LogP contribution in [0.4, 0.5) is 0 Å². The summed E-state index contributed by atoms with van der Waals surface area (Å²) in [6, 6.07) is 6.81. The molecule has 13 nitrogen and oxygen atoms in total. The topological polar surface area (TPSA) is 173 Å². The van der Waals surface area contributed by atoms with Crippen LogP contribution in [0.5, 0.6) is 23.0 Å². The van der Waals surface area contributed by atoms with Gasteiger partial charge in [0.2, 0.25) is 18.6 Å². The van der Waals surface area contributed by atoms with Gasteiger partial charge in [-0.2, -0.15) is 0 Å². The molecule has 212 valence electrons.